The molecule has 1 unspecified atom stereocenters. The van der Waals surface area contributed by atoms with Crippen molar-refractivity contribution in [3.05, 3.63) is 76.9 Å². The van der Waals surface area contributed by atoms with E-state index in [9.17, 15) is 13.6 Å². The lowest BCUT2D eigenvalue weighted by Crippen LogP contribution is -2.48. The van der Waals surface area contributed by atoms with Gasteiger partial charge >= 0.3 is 5.97 Å². The van der Waals surface area contributed by atoms with Crippen LogP contribution in [0.15, 0.2) is 48.6 Å². The van der Waals surface area contributed by atoms with Crippen molar-refractivity contribution in [1.82, 2.24) is 5.32 Å². The lowest BCUT2D eigenvalue weighted by Gasteiger charge is -2.40. The molecule has 4 rings (SSSR count). The lowest BCUT2D eigenvalue weighted by molar-refractivity contribution is 0.0355. The van der Waals surface area contributed by atoms with E-state index < -0.39 is 17.4 Å². The van der Waals surface area contributed by atoms with E-state index in [2.05, 4.69) is 10.6 Å². The molecule has 0 radical (unpaired) electrons. The average molecular weight is 512 g/mol. The van der Waals surface area contributed by atoms with E-state index >= 15 is 0 Å². The number of methoxy groups -OCH3 is 2. The van der Waals surface area contributed by atoms with Gasteiger partial charge in [-0.25, -0.2) is 13.6 Å². The van der Waals surface area contributed by atoms with E-state index in [4.69, 9.17) is 15.2 Å². The second-order valence-corrected chi connectivity index (χ2v) is 9.77. The van der Waals surface area contributed by atoms with Crippen LogP contribution in [0.4, 0.5) is 14.5 Å². The average Bonchev–Trinajstić information content (AvgIpc) is 2.92. The molecule has 0 spiro atoms. The molecule has 0 amide bonds. The summed E-state index contributed by atoms with van der Waals surface area (Å²) >= 11 is 0. The van der Waals surface area contributed by atoms with E-state index in [1.807, 2.05) is 30.4 Å². The van der Waals surface area contributed by atoms with Crippen LogP contribution in [0.25, 0.3) is 12.2 Å². The zero-order valence-electron chi connectivity index (χ0n) is 21.3. The summed E-state index contributed by atoms with van der Waals surface area (Å²) in [5.74, 6) is -0.907. The summed E-state index contributed by atoms with van der Waals surface area (Å²) in [6, 6.07) is 9.20. The molecule has 4 N–H and O–H groups in total. The van der Waals surface area contributed by atoms with Gasteiger partial charge in [-0.15, -0.1) is 0 Å². The topological polar surface area (TPSA) is 85.6 Å². The maximum Gasteiger partial charge on any atom is 0.338 e. The van der Waals surface area contributed by atoms with Crippen LogP contribution in [0.2, 0.25) is 0 Å². The molecule has 198 valence electrons. The van der Waals surface area contributed by atoms with Crippen LogP contribution in [0.3, 0.4) is 0 Å². The number of esters is 1. The van der Waals surface area contributed by atoms with Gasteiger partial charge in [-0.3, -0.25) is 0 Å². The third-order valence-corrected chi connectivity index (χ3v) is 7.44. The normalized spacial score (nSPS) is 23.9. The minimum Gasteiger partial charge on any atom is -0.465 e. The molecule has 1 aliphatic carbocycles. The van der Waals surface area contributed by atoms with Gasteiger partial charge in [0, 0.05) is 49.0 Å². The number of rotatable bonds is 9. The van der Waals surface area contributed by atoms with Gasteiger partial charge in [-0.2, -0.15) is 0 Å². The summed E-state index contributed by atoms with van der Waals surface area (Å²) in [5, 5.41) is 6.93. The van der Waals surface area contributed by atoms with Crippen molar-refractivity contribution >= 4 is 23.8 Å². The fraction of sp³-hybridized carbons (Fsp3) is 0.414. The third-order valence-electron chi connectivity index (χ3n) is 7.44. The fourth-order valence-electron chi connectivity index (χ4n) is 5.28. The van der Waals surface area contributed by atoms with Crippen LogP contribution >= 0.6 is 0 Å². The molecule has 37 heavy (non-hydrogen) atoms. The van der Waals surface area contributed by atoms with Crippen molar-refractivity contribution in [1.29, 1.82) is 0 Å². The maximum atomic E-state index is 13.7. The highest BCUT2D eigenvalue weighted by Gasteiger charge is 2.36. The second kappa shape index (κ2) is 12.0. The Morgan fingerprint density at radius 3 is 2.73 bits per heavy atom. The van der Waals surface area contributed by atoms with Crippen LogP contribution in [-0.4, -0.2) is 44.5 Å². The minimum atomic E-state index is -0.757. The van der Waals surface area contributed by atoms with Gasteiger partial charge in [-0.05, 0) is 68.0 Å². The smallest absolute Gasteiger partial charge is 0.338 e. The molecule has 1 saturated carbocycles. The molecule has 2 atom stereocenters. The summed E-state index contributed by atoms with van der Waals surface area (Å²) in [5.41, 5.74) is 8.26. The highest BCUT2D eigenvalue weighted by Crippen LogP contribution is 2.36. The zero-order chi connectivity index (χ0) is 26.4. The molecule has 2 aromatic carbocycles. The first-order valence-electron chi connectivity index (χ1n) is 12.7. The molecular formula is C29H35F2N3O3. The van der Waals surface area contributed by atoms with Crippen LogP contribution in [0, 0.1) is 17.6 Å². The number of nitrogens with one attached hydrogen (secondary N) is 2. The first-order chi connectivity index (χ1) is 17.8. The summed E-state index contributed by atoms with van der Waals surface area (Å²) < 4.78 is 37.9. The molecule has 1 aliphatic heterocycles. The molecule has 6 nitrogen and oxygen atoms in total. The summed E-state index contributed by atoms with van der Waals surface area (Å²) in [6.45, 7) is 0.589. The van der Waals surface area contributed by atoms with Crippen LogP contribution < -0.4 is 16.4 Å². The highest BCUT2D eigenvalue weighted by atomic mass is 19.1. The van der Waals surface area contributed by atoms with E-state index in [0.29, 0.717) is 30.5 Å². The fourth-order valence-corrected chi connectivity index (χ4v) is 5.28. The van der Waals surface area contributed by atoms with Gasteiger partial charge in [-0.1, -0.05) is 24.3 Å². The molecule has 8 heteroatoms. The van der Waals surface area contributed by atoms with E-state index in [-0.39, 0.29) is 17.6 Å². The number of nitrogens with two attached hydrogens (primary N) is 1. The molecule has 0 bridgehead atoms. The number of halogens is 2. The molecule has 2 aliphatic rings. The van der Waals surface area contributed by atoms with Crippen molar-refractivity contribution in [2.75, 3.05) is 26.1 Å². The number of fused-ring (bicyclic) bond motifs is 1. The molecule has 0 aromatic heterocycles. The predicted molar refractivity (Wildman–Crippen MR) is 142 cm³/mol. The molecule has 1 fully saturated rings. The maximum absolute atomic E-state index is 13.7. The van der Waals surface area contributed by atoms with Gasteiger partial charge in [0.05, 0.1) is 12.7 Å². The quantitative estimate of drug-likeness (QED) is 0.406. The minimum absolute atomic E-state index is 0.0702. The van der Waals surface area contributed by atoms with Crippen molar-refractivity contribution in [2.45, 2.75) is 49.9 Å². The van der Waals surface area contributed by atoms with Crippen LogP contribution in [0.1, 0.15) is 53.6 Å². The van der Waals surface area contributed by atoms with Crippen LogP contribution in [-0.2, 0) is 9.47 Å². The standard InChI is InChI=1S/C29H35F2N3O3/c1-36-28(35)24-6-3-7-27-23(24)14-15-29(34-27,37-2)18-26(32)19-8-11-22(12-9-19)33-16-4-5-20-17-21(30)10-13-25(20)31/h3-7,10,13-15,17,19,22,26,33-34H,8-9,11-12,16,18,32H2,1-2H3/b5-4+/t19-,22-,26-,29?/m0/s1. The monoisotopic (exact) mass is 511 g/mol. The Hall–Kier alpha value is -3.07. The number of benzene rings is 2. The predicted octanol–water partition coefficient (Wildman–Crippen LogP) is 5.11. The first kappa shape index (κ1) is 27.0. The molecule has 0 saturated heterocycles. The number of carbonyl (C=O) groups is 1. The Morgan fingerprint density at radius 1 is 1.22 bits per heavy atom. The summed E-state index contributed by atoms with van der Waals surface area (Å²) in [6.07, 6.45) is 11.8. The first-order valence-corrected chi connectivity index (χ1v) is 12.7. The van der Waals surface area contributed by atoms with Crippen molar-refractivity contribution in [3.8, 4) is 0 Å². The van der Waals surface area contributed by atoms with E-state index in [0.717, 1.165) is 49.1 Å². The van der Waals surface area contributed by atoms with Gasteiger partial charge < -0.3 is 25.8 Å². The van der Waals surface area contributed by atoms with Crippen molar-refractivity contribution in [2.24, 2.45) is 11.7 Å². The number of anilines is 1. The molecule has 2 aromatic rings. The number of carbonyl (C=O) groups excluding carboxylic acids is 1. The van der Waals surface area contributed by atoms with Gasteiger partial charge in [0.2, 0.25) is 0 Å². The largest absolute Gasteiger partial charge is 0.465 e. The van der Waals surface area contributed by atoms with Crippen molar-refractivity contribution in [3.63, 3.8) is 0 Å². The SMILES string of the molecule is COC(=O)c1cccc2c1C=CC(C[C@H](N)[C@H]1CC[C@H](NC/C=C/c3cc(F)ccc3F)CC1)(OC)N2. The van der Waals surface area contributed by atoms with E-state index in [1.165, 1.54) is 13.2 Å². The van der Waals surface area contributed by atoms with E-state index in [1.54, 1.807) is 19.3 Å². The number of hydrogen-bond acceptors (Lipinski definition) is 6. The van der Waals surface area contributed by atoms with Gasteiger partial charge in [0.25, 0.3) is 0 Å². The Morgan fingerprint density at radius 2 is 2.00 bits per heavy atom. The Bertz CT molecular complexity index is 1160. The Kier molecular flexibility index (Phi) is 8.74. The molecule has 1 heterocycles. The van der Waals surface area contributed by atoms with Gasteiger partial charge in [0.1, 0.15) is 11.6 Å². The Balaban J connectivity index is 1.28. The molecular weight excluding hydrogens is 476 g/mol. The number of ether oxygens (including phenoxy) is 2. The highest BCUT2D eigenvalue weighted by molar-refractivity contribution is 5.97. The van der Waals surface area contributed by atoms with Crippen molar-refractivity contribution < 1.29 is 23.0 Å². The Labute approximate surface area is 216 Å². The second-order valence-electron chi connectivity index (χ2n) is 9.77. The van der Waals surface area contributed by atoms with Gasteiger partial charge in [0.15, 0.2) is 5.72 Å². The lowest BCUT2D eigenvalue weighted by atomic mass is 9.79. The summed E-state index contributed by atoms with van der Waals surface area (Å²) in [7, 11) is 3.03. The number of hydrogen-bond donors (Lipinski definition) is 3. The third kappa shape index (κ3) is 6.44. The summed E-state index contributed by atoms with van der Waals surface area (Å²) in [4.78, 5) is 12.1. The zero-order valence-corrected chi connectivity index (χ0v) is 21.3. The van der Waals surface area contributed by atoms with Crippen LogP contribution in [0.5, 0.6) is 0 Å².